The van der Waals surface area contributed by atoms with Crippen LogP contribution in [0.3, 0.4) is 0 Å². The van der Waals surface area contributed by atoms with Crippen molar-refractivity contribution >= 4 is 40.9 Å². The molecule has 0 spiro atoms. The lowest BCUT2D eigenvalue weighted by Crippen LogP contribution is -2.59. The number of rotatable bonds is 11. The van der Waals surface area contributed by atoms with E-state index in [9.17, 15) is 19.2 Å². The van der Waals surface area contributed by atoms with E-state index in [4.69, 9.17) is 4.74 Å². The number of alkyl carbamates (subject to hydrolysis) is 1. The predicted octanol–water partition coefficient (Wildman–Crippen LogP) is 4.03. The third-order valence-corrected chi connectivity index (χ3v) is 8.37. The molecular formula is C35H43N7O5. The number of amides is 3. The van der Waals surface area contributed by atoms with Crippen molar-refractivity contribution in [3.63, 3.8) is 0 Å². The molecule has 5 N–H and O–H groups in total. The van der Waals surface area contributed by atoms with Crippen LogP contribution in [0.15, 0.2) is 73.3 Å². The van der Waals surface area contributed by atoms with E-state index in [1.165, 1.54) is 20.2 Å². The molecule has 1 aliphatic heterocycles. The summed E-state index contributed by atoms with van der Waals surface area (Å²) in [5, 5.41) is 12.6. The number of hydrogen-bond acceptors (Lipinski definition) is 7. The maximum Gasteiger partial charge on any atom is 0.408 e. The van der Waals surface area contributed by atoms with E-state index >= 15 is 0 Å². The Hall–Kier alpha value is -4.97. The van der Waals surface area contributed by atoms with Gasteiger partial charge in [0.15, 0.2) is 12.1 Å². The number of ether oxygens (including phenoxy) is 1. The fraction of sp³-hybridized carbons (Fsp3) is 0.400. The molecule has 47 heavy (non-hydrogen) atoms. The summed E-state index contributed by atoms with van der Waals surface area (Å²) >= 11 is 0. The number of fused-ring (bicyclic) bond motifs is 1. The van der Waals surface area contributed by atoms with E-state index in [1.54, 1.807) is 31.5 Å². The summed E-state index contributed by atoms with van der Waals surface area (Å²) < 4.78 is 7.07. The first-order valence-electron chi connectivity index (χ1n) is 15.8. The number of hydrogen-bond donors (Lipinski definition) is 5. The summed E-state index contributed by atoms with van der Waals surface area (Å²) in [5.74, 6) is -0.873. The van der Waals surface area contributed by atoms with Crippen LogP contribution in [0.25, 0.3) is 10.9 Å². The first-order chi connectivity index (χ1) is 22.3. The Morgan fingerprint density at radius 2 is 1.79 bits per heavy atom. The standard InChI is InChI=1S/C35H43N7O5/c1-33(2,3)47-32(46)41-34(4,5)31(45)39-27(18-23-19-37-26-15-10-9-14-25(23)26)30(44)40-29-20-42(22-38-29)35(21-43,28-16-11-17-36-28)24-12-7-6-8-13-24/h6-10,12-15,19-22,27-28,36-37H,11,16-18H2,1-5H3,(H,39,45)(H,40,44)(H,41,46)/t27-,28?,35?/m1/s1. The molecule has 1 fully saturated rings. The van der Waals surface area contributed by atoms with E-state index < -0.39 is 40.6 Å². The highest BCUT2D eigenvalue weighted by Crippen LogP contribution is 2.33. The summed E-state index contributed by atoms with van der Waals surface area (Å²) in [7, 11) is 0. The molecule has 0 bridgehead atoms. The minimum Gasteiger partial charge on any atom is -0.444 e. The van der Waals surface area contributed by atoms with Gasteiger partial charge in [-0.1, -0.05) is 48.5 Å². The van der Waals surface area contributed by atoms with Gasteiger partial charge in [-0.2, -0.15) is 0 Å². The first kappa shape index (κ1) is 33.4. The van der Waals surface area contributed by atoms with Crippen LogP contribution in [0.1, 0.15) is 58.6 Å². The molecule has 248 valence electrons. The van der Waals surface area contributed by atoms with Gasteiger partial charge in [-0.3, -0.25) is 9.59 Å². The van der Waals surface area contributed by atoms with Gasteiger partial charge in [0.25, 0.3) is 0 Å². The summed E-state index contributed by atoms with van der Waals surface area (Å²) in [5.41, 5.74) is -0.730. The van der Waals surface area contributed by atoms with Crippen LogP contribution in [0.2, 0.25) is 0 Å². The smallest absolute Gasteiger partial charge is 0.408 e. The van der Waals surface area contributed by atoms with Crippen molar-refractivity contribution in [1.82, 2.24) is 30.5 Å². The third-order valence-electron chi connectivity index (χ3n) is 8.37. The molecule has 0 radical (unpaired) electrons. The van der Waals surface area contributed by atoms with E-state index in [0.717, 1.165) is 47.7 Å². The quantitative estimate of drug-likeness (QED) is 0.155. The molecular weight excluding hydrogens is 598 g/mol. The number of nitrogens with zero attached hydrogens (tertiary/aromatic N) is 2. The molecule has 12 nitrogen and oxygen atoms in total. The summed E-state index contributed by atoms with van der Waals surface area (Å²) in [6.07, 6.45) is 7.03. The number of carbonyl (C=O) groups is 4. The molecule has 1 aliphatic rings. The zero-order chi connectivity index (χ0) is 33.8. The highest BCUT2D eigenvalue weighted by atomic mass is 16.6. The maximum absolute atomic E-state index is 13.9. The molecule has 0 saturated carbocycles. The van der Waals surface area contributed by atoms with Crippen LogP contribution in [-0.4, -0.2) is 68.5 Å². The fourth-order valence-corrected chi connectivity index (χ4v) is 5.99. The van der Waals surface area contributed by atoms with Gasteiger partial charge in [0, 0.05) is 35.8 Å². The molecule has 3 amide bonds. The zero-order valence-corrected chi connectivity index (χ0v) is 27.4. The van der Waals surface area contributed by atoms with Crippen LogP contribution >= 0.6 is 0 Å². The van der Waals surface area contributed by atoms with Crippen molar-refractivity contribution in [2.75, 3.05) is 11.9 Å². The van der Waals surface area contributed by atoms with E-state index in [2.05, 4.69) is 31.2 Å². The average Bonchev–Trinajstić information content (AvgIpc) is 3.80. The molecule has 3 atom stereocenters. The van der Waals surface area contributed by atoms with Gasteiger partial charge in [-0.15, -0.1) is 0 Å². The number of aromatic amines is 1. The number of H-pyrrole nitrogens is 1. The molecule has 0 aliphatic carbocycles. The Balaban J connectivity index is 1.41. The minimum atomic E-state index is -1.41. The van der Waals surface area contributed by atoms with Crippen molar-refractivity contribution in [3.8, 4) is 0 Å². The monoisotopic (exact) mass is 641 g/mol. The van der Waals surface area contributed by atoms with Crippen molar-refractivity contribution in [1.29, 1.82) is 0 Å². The van der Waals surface area contributed by atoms with Gasteiger partial charge in [0.05, 0.1) is 6.33 Å². The van der Waals surface area contributed by atoms with E-state index in [0.29, 0.717) is 0 Å². The van der Waals surface area contributed by atoms with Crippen LogP contribution in [0.4, 0.5) is 10.6 Å². The highest BCUT2D eigenvalue weighted by molar-refractivity contribution is 5.99. The lowest BCUT2D eigenvalue weighted by molar-refractivity contribution is -0.130. The second-order valence-corrected chi connectivity index (χ2v) is 13.5. The molecule has 2 aromatic carbocycles. The van der Waals surface area contributed by atoms with Crippen molar-refractivity contribution < 1.29 is 23.9 Å². The number of aldehydes is 1. The van der Waals surface area contributed by atoms with Gasteiger partial charge < -0.3 is 40.3 Å². The fourth-order valence-electron chi connectivity index (χ4n) is 5.99. The number of nitrogens with one attached hydrogen (secondary N) is 5. The van der Waals surface area contributed by atoms with Crippen LogP contribution in [0.5, 0.6) is 0 Å². The number of imidazole rings is 1. The highest BCUT2D eigenvalue weighted by Gasteiger charge is 2.44. The van der Waals surface area contributed by atoms with Gasteiger partial charge >= 0.3 is 6.09 Å². The molecule has 3 heterocycles. The number of para-hydroxylation sites is 1. The molecule has 2 aromatic heterocycles. The van der Waals surface area contributed by atoms with E-state index in [-0.39, 0.29) is 18.3 Å². The topological polar surface area (TPSA) is 159 Å². The second-order valence-electron chi connectivity index (χ2n) is 13.5. The third kappa shape index (κ3) is 7.38. The maximum atomic E-state index is 13.9. The van der Waals surface area contributed by atoms with Gasteiger partial charge in [-0.25, -0.2) is 9.78 Å². The van der Waals surface area contributed by atoms with Gasteiger partial charge in [0.1, 0.15) is 22.7 Å². The Morgan fingerprint density at radius 3 is 2.47 bits per heavy atom. The summed E-state index contributed by atoms with van der Waals surface area (Å²) in [6.45, 7) is 9.05. The lowest BCUT2D eigenvalue weighted by atomic mass is 9.82. The SMILES string of the molecule is CC(C)(C)OC(=O)NC(C)(C)C(=O)N[C@H](Cc1c[nH]c2ccccc12)C(=O)Nc1cn(C(C=O)(c2ccccc2)C2CCCN2)cn1. The van der Waals surface area contributed by atoms with Gasteiger partial charge in [0.2, 0.25) is 11.8 Å². The Morgan fingerprint density at radius 1 is 1.06 bits per heavy atom. The minimum absolute atomic E-state index is 0.152. The Kier molecular flexibility index (Phi) is 9.53. The Labute approximate surface area is 274 Å². The zero-order valence-electron chi connectivity index (χ0n) is 27.4. The van der Waals surface area contributed by atoms with E-state index in [1.807, 2.05) is 60.8 Å². The molecule has 2 unspecified atom stereocenters. The molecule has 1 saturated heterocycles. The number of aromatic nitrogens is 3. The van der Waals surface area contributed by atoms with Gasteiger partial charge in [-0.05, 0) is 71.2 Å². The van der Waals surface area contributed by atoms with Crippen LogP contribution < -0.4 is 21.3 Å². The Bertz CT molecular complexity index is 1730. The second kappa shape index (κ2) is 13.4. The van der Waals surface area contributed by atoms with Crippen molar-refractivity contribution in [2.24, 2.45) is 0 Å². The largest absolute Gasteiger partial charge is 0.444 e. The summed E-state index contributed by atoms with van der Waals surface area (Å²) in [4.78, 5) is 60.6. The average molecular weight is 642 g/mol. The lowest BCUT2D eigenvalue weighted by Gasteiger charge is -2.36. The molecule has 12 heteroatoms. The summed E-state index contributed by atoms with van der Waals surface area (Å²) in [6, 6.07) is 15.9. The number of benzene rings is 2. The van der Waals surface area contributed by atoms with Crippen LogP contribution in [0, 0.1) is 0 Å². The van der Waals surface area contributed by atoms with Crippen molar-refractivity contribution in [3.05, 3.63) is 84.4 Å². The van der Waals surface area contributed by atoms with Crippen molar-refractivity contribution in [2.45, 2.75) is 82.6 Å². The molecule has 4 aromatic rings. The number of anilines is 1. The first-order valence-corrected chi connectivity index (χ1v) is 15.8. The van der Waals surface area contributed by atoms with Crippen LogP contribution in [-0.2, 0) is 31.1 Å². The number of carbonyl (C=O) groups excluding carboxylic acids is 4. The predicted molar refractivity (Wildman–Crippen MR) is 179 cm³/mol. The molecule has 5 rings (SSSR count). The normalized spacial score (nSPS) is 17.0.